The van der Waals surface area contributed by atoms with Gasteiger partial charge in [-0.1, -0.05) is 115 Å². The van der Waals surface area contributed by atoms with Crippen molar-refractivity contribution in [3.05, 3.63) is 133 Å². The SMILES string of the molecule is c1ccc(-c2ccc3c4c(cccc24)-c2cc(-c4ccc5ccc6cccc7ccc4c5c67)ccc2O3)cc1. The van der Waals surface area contributed by atoms with E-state index in [1.54, 1.807) is 0 Å². The van der Waals surface area contributed by atoms with E-state index in [-0.39, 0.29) is 0 Å². The highest BCUT2D eigenvalue weighted by Crippen LogP contribution is 2.50. The Hall–Kier alpha value is -5.14. The molecule has 0 spiro atoms. The third kappa shape index (κ3) is 2.90. The van der Waals surface area contributed by atoms with Gasteiger partial charge in [-0.15, -0.1) is 0 Å². The summed E-state index contributed by atoms with van der Waals surface area (Å²) in [4.78, 5) is 0. The topological polar surface area (TPSA) is 9.23 Å². The number of rotatable bonds is 2. The van der Waals surface area contributed by atoms with Gasteiger partial charge in [0.25, 0.3) is 0 Å². The molecule has 8 aromatic carbocycles. The van der Waals surface area contributed by atoms with Gasteiger partial charge < -0.3 is 4.74 Å². The maximum absolute atomic E-state index is 6.51. The van der Waals surface area contributed by atoms with E-state index in [0.29, 0.717) is 0 Å². The van der Waals surface area contributed by atoms with Crippen LogP contribution >= 0.6 is 0 Å². The zero-order chi connectivity index (χ0) is 25.5. The molecule has 1 nitrogen and oxygen atoms in total. The highest BCUT2D eigenvalue weighted by atomic mass is 16.5. The van der Waals surface area contributed by atoms with Gasteiger partial charge in [-0.2, -0.15) is 0 Å². The predicted molar refractivity (Wildman–Crippen MR) is 164 cm³/mol. The summed E-state index contributed by atoms with van der Waals surface area (Å²) in [7, 11) is 0. The second-order valence-corrected chi connectivity index (χ2v) is 10.5. The minimum Gasteiger partial charge on any atom is -0.456 e. The van der Waals surface area contributed by atoms with Crippen LogP contribution in [0.15, 0.2) is 133 Å². The Balaban J connectivity index is 1.29. The van der Waals surface area contributed by atoms with Gasteiger partial charge in [0, 0.05) is 10.9 Å². The van der Waals surface area contributed by atoms with Crippen LogP contribution in [0.2, 0.25) is 0 Å². The van der Waals surface area contributed by atoms with Crippen LogP contribution in [0.25, 0.3) is 76.5 Å². The van der Waals surface area contributed by atoms with E-state index in [1.165, 1.54) is 70.9 Å². The Morgan fingerprint density at radius 1 is 0.333 bits per heavy atom. The van der Waals surface area contributed by atoms with Crippen molar-refractivity contribution in [2.24, 2.45) is 0 Å². The fourth-order valence-corrected chi connectivity index (χ4v) is 6.66. The Bertz CT molecular complexity index is 2230. The van der Waals surface area contributed by atoms with Crippen LogP contribution in [0.4, 0.5) is 0 Å². The van der Waals surface area contributed by atoms with Crippen LogP contribution in [-0.2, 0) is 0 Å². The maximum atomic E-state index is 6.51. The van der Waals surface area contributed by atoms with Gasteiger partial charge in [0.2, 0.25) is 0 Å². The molecule has 0 atom stereocenters. The standard InChI is InChI=1S/C38H22O/c1-2-6-23(7-3-1)28-19-21-35-38-30(28)10-5-11-31(38)33-22-27(16-20-34(33)39-35)29-17-14-26-13-12-24-8-4-9-25-15-18-32(29)37(26)36(24)25/h1-22H. The van der Waals surface area contributed by atoms with Crippen molar-refractivity contribution in [1.29, 1.82) is 0 Å². The van der Waals surface area contributed by atoms with Gasteiger partial charge in [0.15, 0.2) is 0 Å². The van der Waals surface area contributed by atoms with Crippen LogP contribution in [0.5, 0.6) is 11.5 Å². The fraction of sp³-hybridized carbons (Fsp3) is 0. The normalized spacial score (nSPS) is 12.3. The fourth-order valence-electron chi connectivity index (χ4n) is 6.66. The van der Waals surface area contributed by atoms with Crippen molar-refractivity contribution in [3.8, 4) is 44.9 Å². The Morgan fingerprint density at radius 3 is 1.87 bits per heavy atom. The van der Waals surface area contributed by atoms with Gasteiger partial charge in [-0.05, 0) is 83.7 Å². The number of fused-ring (bicyclic) bond motifs is 2. The van der Waals surface area contributed by atoms with E-state index in [2.05, 4.69) is 133 Å². The molecular weight excluding hydrogens is 472 g/mol. The lowest BCUT2D eigenvalue weighted by molar-refractivity contribution is 0.487. The lowest BCUT2D eigenvalue weighted by Crippen LogP contribution is -1.98. The minimum atomic E-state index is 0.906. The largest absolute Gasteiger partial charge is 0.456 e. The average Bonchev–Trinajstić information content (AvgIpc) is 3.00. The molecule has 0 saturated carbocycles. The Kier molecular flexibility index (Phi) is 4.11. The molecule has 0 radical (unpaired) electrons. The second kappa shape index (κ2) is 7.69. The van der Waals surface area contributed by atoms with Gasteiger partial charge in [-0.25, -0.2) is 0 Å². The highest BCUT2D eigenvalue weighted by molar-refractivity contribution is 6.25. The summed E-state index contributed by atoms with van der Waals surface area (Å²) in [5, 5.41) is 10.2. The lowest BCUT2D eigenvalue weighted by atomic mass is 9.87. The van der Waals surface area contributed by atoms with Crippen molar-refractivity contribution in [2.75, 3.05) is 0 Å². The summed E-state index contributed by atoms with van der Waals surface area (Å²) in [6, 6.07) is 48.3. The third-order valence-electron chi connectivity index (χ3n) is 8.42. The molecule has 8 aromatic rings. The zero-order valence-corrected chi connectivity index (χ0v) is 21.1. The second-order valence-electron chi connectivity index (χ2n) is 10.5. The predicted octanol–water partition coefficient (Wildman–Crippen LogP) is 10.8. The van der Waals surface area contributed by atoms with Crippen LogP contribution < -0.4 is 4.74 Å². The third-order valence-corrected chi connectivity index (χ3v) is 8.42. The van der Waals surface area contributed by atoms with Gasteiger partial charge in [-0.3, -0.25) is 0 Å². The van der Waals surface area contributed by atoms with E-state index in [9.17, 15) is 0 Å². The molecule has 180 valence electrons. The Labute approximate surface area is 225 Å². The molecule has 1 aliphatic rings. The Morgan fingerprint density at radius 2 is 1.00 bits per heavy atom. The van der Waals surface area contributed by atoms with Crippen molar-refractivity contribution >= 4 is 43.1 Å². The number of hydrogen-bond donors (Lipinski definition) is 0. The first kappa shape index (κ1) is 20.9. The molecule has 1 aliphatic heterocycles. The van der Waals surface area contributed by atoms with Crippen molar-refractivity contribution in [1.82, 2.24) is 0 Å². The van der Waals surface area contributed by atoms with Gasteiger partial charge in [0.05, 0.1) is 0 Å². The molecule has 0 bridgehead atoms. The molecule has 0 unspecified atom stereocenters. The molecule has 0 aliphatic carbocycles. The summed E-state index contributed by atoms with van der Waals surface area (Å²) in [5.74, 6) is 1.83. The number of hydrogen-bond acceptors (Lipinski definition) is 1. The van der Waals surface area contributed by atoms with Crippen molar-refractivity contribution in [3.63, 3.8) is 0 Å². The van der Waals surface area contributed by atoms with E-state index in [0.717, 1.165) is 17.1 Å². The zero-order valence-electron chi connectivity index (χ0n) is 21.1. The molecule has 1 heterocycles. The van der Waals surface area contributed by atoms with Crippen molar-refractivity contribution in [2.45, 2.75) is 0 Å². The van der Waals surface area contributed by atoms with Crippen LogP contribution in [0.1, 0.15) is 0 Å². The first-order valence-corrected chi connectivity index (χ1v) is 13.4. The molecule has 9 rings (SSSR count). The molecule has 39 heavy (non-hydrogen) atoms. The number of ether oxygens (including phenoxy) is 1. The summed E-state index contributed by atoms with van der Waals surface area (Å²) in [6.07, 6.45) is 0. The molecule has 0 fully saturated rings. The van der Waals surface area contributed by atoms with E-state index in [4.69, 9.17) is 4.74 Å². The smallest absolute Gasteiger partial charge is 0.135 e. The molecule has 0 amide bonds. The van der Waals surface area contributed by atoms with E-state index >= 15 is 0 Å². The molecule has 0 saturated heterocycles. The number of benzene rings is 8. The molecule has 0 N–H and O–H groups in total. The van der Waals surface area contributed by atoms with E-state index in [1.807, 2.05) is 0 Å². The summed E-state index contributed by atoms with van der Waals surface area (Å²) >= 11 is 0. The minimum absolute atomic E-state index is 0.906. The van der Waals surface area contributed by atoms with Crippen molar-refractivity contribution < 1.29 is 4.74 Å². The van der Waals surface area contributed by atoms with Gasteiger partial charge >= 0.3 is 0 Å². The summed E-state index contributed by atoms with van der Waals surface area (Å²) < 4.78 is 6.51. The summed E-state index contributed by atoms with van der Waals surface area (Å²) in [5.41, 5.74) is 7.26. The molecule has 0 aromatic heterocycles. The first-order chi connectivity index (χ1) is 19.3. The molecule has 1 heteroatoms. The molecular formula is C38H22O. The highest BCUT2D eigenvalue weighted by Gasteiger charge is 2.22. The first-order valence-electron chi connectivity index (χ1n) is 13.4. The summed E-state index contributed by atoms with van der Waals surface area (Å²) in [6.45, 7) is 0. The van der Waals surface area contributed by atoms with Gasteiger partial charge in [0.1, 0.15) is 11.5 Å². The quantitative estimate of drug-likeness (QED) is 0.217. The maximum Gasteiger partial charge on any atom is 0.135 e. The average molecular weight is 495 g/mol. The monoisotopic (exact) mass is 494 g/mol. The van der Waals surface area contributed by atoms with Crippen LogP contribution in [0, 0.1) is 0 Å². The van der Waals surface area contributed by atoms with E-state index < -0.39 is 0 Å². The lowest BCUT2D eigenvalue weighted by Gasteiger charge is -2.23. The van der Waals surface area contributed by atoms with Crippen LogP contribution in [-0.4, -0.2) is 0 Å². The van der Waals surface area contributed by atoms with Crippen LogP contribution in [0.3, 0.4) is 0 Å².